The van der Waals surface area contributed by atoms with Crippen LogP contribution >= 0.6 is 23.1 Å². The van der Waals surface area contributed by atoms with E-state index in [0.717, 1.165) is 29.2 Å². The van der Waals surface area contributed by atoms with E-state index in [2.05, 4.69) is 15.5 Å². The molecule has 6 nitrogen and oxygen atoms in total. The van der Waals surface area contributed by atoms with Crippen LogP contribution in [0.5, 0.6) is 0 Å². The molecule has 152 valence electrons. The minimum Gasteiger partial charge on any atom is -0.306 e. The van der Waals surface area contributed by atoms with E-state index in [1.54, 1.807) is 0 Å². The lowest BCUT2D eigenvalue weighted by molar-refractivity contribution is -0.139. The van der Waals surface area contributed by atoms with E-state index < -0.39 is 29.8 Å². The number of aromatic nitrogens is 3. The molecule has 0 aliphatic heterocycles. The summed E-state index contributed by atoms with van der Waals surface area (Å²) in [6.07, 6.45) is -3.65. The molecule has 1 N–H and O–H groups in total. The summed E-state index contributed by atoms with van der Waals surface area (Å²) in [6.45, 7) is 1.44. The number of carbonyl (C=O) groups is 1. The van der Waals surface area contributed by atoms with Crippen molar-refractivity contribution < 1.29 is 18.0 Å². The number of carbonyl (C=O) groups excluding carboxylic acids is 1. The molecule has 0 bridgehead atoms. The molecule has 0 atom stereocenters. The third kappa shape index (κ3) is 5.67. The van der Waals surface area contributed by atoms with Crippen LogP contribution in [-0.2, 0) is 23.3 Å². The second-order valence-electron chi connectivity index (χ2n) is 6.05. The number of hydrogen-bond donors (Lipinski definition) is 1. The number of anilines is 1. The molecule has 0 saturated carbocycles. The fourth-order valence-electron chi connectivity index (χ4n) is 2.34. The number of amides is 1. The van der Waals surface area contributed by atoms with Gasteiger partial charge >= 0.3 is 6.18 Å². The smallest absolute Gasteiger partial charge is 0.306 e. The number of halogens is 3. The minimum absolute atomic E-state index is 0.210. The van der Waals surface area contributed by atoms with E-state index in [4.69, 9.17) is 0 Å². The molecule has 11 heteroatoms. The first kappa shape index (κ1) is 21.1. The van der Waals surface area contributed by atoms with Crippen LogP contribution in [-0.4, -0.2) is 20.7 Å². The molecule has 3 rings (SSSR count). The SMILES string of the molecule is Cc1ccc(CSc2nnc(NC(=O)Cn3cccc(C(F)(F)F)c3=O)s2)cc1. The van der Waals surface area contributed by atoms with Gasteiger partial charge in [0, 0.05) is 11.9 Å². The molecule has 0 aliphatic rings. The quantitative estimate of drug-likeness (QED) is 0.464. The third-order valence-electron chi connectivity index (χ3n) is 3.78. The van der Waals surface area contributed by atoms with Crippen molar-refractivity contribution in [3.63, 3.8) is 0 Å². The van der Waals surface area contributed by atoms with Gasteiger partial charge in [-0.2, -0.15) is 13.2 Å². The maximum absolute atomic E-state index is 12.8. The Morgan fingerprint density at radius 1 is 1.21 bits per heavy atom. The molecule has 2 aromatic heterocycles. The number of rotatable bonds is 6. The predicted molar refractivity (Wildman–Crippen MR) is 105 cm³/mol. The van der Waals surface area contributed by atoms with Crippen molar-refractivity contribution in [3.8, 4) is 0 Å². The van der Waals surface area contributed by atoms with E-state index in [9.17, 15) is 22.8 Å². The van der Waals surface area contributed by atoms with Crippen LogP contribution < -0.4 is 10.9 Å². The molecule has 0 radical (unpaired) electrons. The molecule has 0 saturated heterocycles. The van der Waals surface area contributed by atoms with Crippen LogP contribution in [0.2, 0.25) is 0 Å². The van der Waals surface area contributed by atoms with Gasteiger partial charge in [0.1, 0.15) is 12.1 Å². The summed E-state index contributed by atoms with van der Waals surface area (Å²) in [6, 6.07) is 9.80. The van der Waals surface area contributed by atoms with Gasteiger partial charge in [0.2, 0.25) is 11.0 Å². The molecule has 1 amide bonds. The highest BCUT2D eigenvalue weighted by Crippen LogP contribution is 2.28. The van der Waals surface area contributed by atoms with E-state index in [0.29, 0.717) is 20.7 Å². The highest BCUT2D eigenvalue weighted by Gasteiger charge is 2.34. The number of aryl methyl sites for hydroxylation is 1. The normalized spacial score (nSPS) is 11.4. The number of nitrogens with zero attached hydrogens (tertiary/aromatic N) is 3. The Hall–Kier alpha value is -2.66. The van der Waals surface area contributed by atoms with Crippen LogP contribution in [0.15, 0.2) is 51.7 Å². The summed E-state index contributed by atoms with van der Waals surface area (Å²) < 4.78 is 39.7. The minimum atomic E-state index is -4.78. The van der Waals surface area contributed by atoms with Gasteiger partial charge < -0.3 is 4.57 Å². The van der Waals surface area contributed by atoms with E-state index in [1.807, 2.05) is 31.2 Å². The summed E-state index contributed by atoms with van der Waals surface area (Å²) in [5, 5.41) is 10.5. The second kappa shape index (κ2) is 8.78. The molecule has 1 aromatic carbocycles. The number of alkyl halides is 3. The van der Waals surface area contributed by atoms with Crippen LogP contribution in [0.1, 0.15) is 16.7 Å². The average molecular weight is 440 g/mol. The Balaban J connectivity index is 1.59. The predicted octanol–water partition coefficient (Wildman–Crippen LogP) is 3.96. The number of benzene rings is 1. The van der Waals surface area contributed by atoms with Crippen molar-refractivity contribution >= 4 is 34.1 Å². The Bertz CT molecular complexity index is 1060. The summed E-state index contributed by atoms with van der Waals surface area (Å²) in [5.41, 5.74) is -0.315. The Labute approximate surface area is 171 Å². The number of nitrogens with one attached hydrogen (secondary N) is 1. The van der Waals surface area contributed by atoms with Crippen molar-refractivity contribution in [2.45, 2.75) is 29.7 Å². The lowest BCUT2D eigenvalue weighted by Gasteiger charge is -2.09. The maximum Gasteiger partial charge on any atom is 0.421 e. The van der Waals surface area contributed by atoms with Crippen molar-refractivity contribution in [2.24, 2.45) is 0 Å². The summed E-state index contributed by atoms with van der Waals surface area (Å²) in [4.78, 5) is 24.0. The lowest BCUT2D eigenvalue weighted by Crippen LogP contribution is -2.31. The molecular weight excluding hydrogens is 425 g/mol. The fraction of sp³-hybridized carbons (Fsp3) is 0.222. The highest BCUT2D eigenvalue weighted by molar-refractivity contribution is 8.00. The van der Waals surface area contributed by atoms with Gasteiger partial charge in [0.15, 0.2) is 4.34 Å². The zero-order valence-corrected chi connectivity index (χ0v) is 16.7. The van der Waals surface area contributed by atoms with Gasteiger partial charge in [0.25, 0.3) is 5.56 Å². The molecule has 0 fully saturated rings. The largest absolute Gasteiger partial charge is 0.421 e. The van der Waals surface area contributed by atoms with Crippen molar-refractivity contribution in [1.29, 1.82) is 0 Å². The number of hydrogen-bond acceptors (Lipinski definition) is 6. The summed E-state index contributed by atoms with van der Waals surface area (Å²) >= 11 is 2.60. The van der Waals surface area contributed by atoms with Gasteiger partial charge in [-0.3, -0.25) is 14.9 Å². The number of thioether (sulfide) groups is 1. The zero-order chi connectivity index (χ0) is 21.0. The van der Waals surface area contributed by atoms with Crippen LogP contribution in [0.25, 0.3) is 0 Å². The van der Waals surface area contributed by atoms with Crippen molar-refractivity contribution in [3.05, 3.63) is 69.6 Å². The zero-order valence-electron chi connectivity index (χ0n) is 15.1. The monoisotopic (exact) mass is 440 g/mol. The molecule has 2 heterocycles. The third-order valence-corrected chi connectivity index (χ3v) is 5.82. The number of pyridine rings is 1. The van der Waals surface area contributed by atoms with Gasteiger partial charge in [-0.05, 0) is 24.6 Å². The van der Waals surface area contributed by atoms with E-state index in [1.165, 1.54) is 17.3 Å². The van der Waals surface area contributed by atoms with Gasteiger partial charge in [-0.25, -0.2) is 0 Å². The molecule has 0 aliphatic carbocycles. The van der Waals surface area contributed by atoms with Crippen molar-refractivity contribution in [2.75, 3.05) is 5.32 Å². The Morgan fingerprint density at radius 2 is 1.93 bits per heavy atom. The summed E-state index contributed by atoms with van der Waals surface area (Å²) in [7, 11) is 0. The first-order valence-corrected chi connectivity index (χ1v) is 10.1. The van der Waals surface area contributed by atoms with E-state index >= 15 is 0 Å². The topological polar surface area (TPSA) is 76.9 Å². The van der Waals surface area contributed by atoms with Crippen LogP contribution in [0, 0.1) is 6.92 Å². The second-order valence-corrected chi connectivity index (χ2v) is 8.25. The Kier molecular flexibility index (Phi) is 6.38. The lowest BCUT2D eigenvalue weighted by atomic mass is 10.2. The highest BCUT2D eigenvalue weighted by atomic mass is 32.2. The molecule has 0 unspecified atom stereocenters. The Morgan fingerprint density at radius 3 is 2.62 bits per heavy atom. The van der Waals surface area contributed by atoms with Gasteiger partial charge in [0.05, 0.1) is 0 Å². The standard InChI is InChI=1S/C18H15F3N4O2S2/c1-11-4-6-12(7-5-11)10-28-17-24-23-16(29-17)22-14(26)9-25-8-2-3-13(15(25)27)18(19,20)21/h2-8H,9-10H2,1H3,(H,22,23,26). The average Bonchev–Trinajstić information content (AvgIpc) is 3.09. The van der Waals surface area contributed by atoms with Crippen molar-refractivity contribution in [1.82, 2.24) is 14.8 Å². The molecule has 3 aromatic rings. The molecule has 29 heavy (non-hydrogen) atoms. The first-order chi connectivity index (χ1) is 13.7. The maximum atomic E-state index is 12.8. The molecule has 0 spiro atoms. The van der Waals surface area contributed by atoms with Crippen LogP contribution in [0.3, 0.4) is 0 Å². The fourth-order valence-corrected chi connectivity index (χ4v) is 4.06. The van der Waals surface area contributed by atoms with Gasteiger partial charge in [-0.15, -0.1) is 10.2 Å². The summed E-state index contributed by atoms with van der Waals surface area (Å²) in [5.74, 6) is 0.0142. The van der Waals surface area contributed by atoms with E-state index in [-0.39, 0.29) is 5.13 Å². The van der Waals surface area contributed by atoms with Gasteiger partial charge in [-0.1, -0.05) is 52.9 Å². The molecular formula is C18H15F3N4O2S2. The van der Waals surface area contributed by atoms with Crippen LogP contribution in [0.4, 0.5) is 18.3 Å². The first-order valence-electron chi connectivity index (χ1n) is 8.31.